The van der Waals surface area contributed by atoms with Crippen LogP contribution in [0.5, 0.6) is 0 Å². The van der Waals surface area contributed by atoms with Crippen molar-refractivity contribution in [2.24, 2.45) is 28.8 Å². The molecule has 0 saturated heterocycles. The van der Waals surface area contributed by atoms with Gasteiger partial charge >= 0.3 is 17.9 Å². The Balaban J connectivity index is 0.000000228. The third-order valence-corrected chi connectivity index (χ3v) is 5.24. The van der Waals surface area contributed by atoms with Crippen LogP contribution >= 0.6 is 0 Å². The van der Waals surface area contributed by atoms with Gasteiger partial charge in [0.2, 0.25) is 0 Å². The Hall–Kier alpha value is -2.78. The smallest absolute Gasteiger partial charge is 0.320 e. The molecule has 3 aliphatic rings. The highest BCUT2D eigenvalue weighted by molar-refractivity contribution is 6.06. The molecule has 3 rings (SSSR count). The summed E-state index contributed by atoms with van der Waals surface area (Å²) >= 11 is 0. The lowest BCUT2D eigenvalue weighted by Gasteiger charge is -2.19. The summed E-state index contributed by atoms with van der Waals surface area (Å²) in [6.07, 6.45) is 4.28. The quantitative estimate of drug-likeness (QED) is 0.299. The standard InChI is InChI=1S/C12H18O5.C10H14N2O3/c1-3-16-11(14)9(12(15)17-4-2)7-10(13)8-5-6-8;1-2-15-10(14)7-5-8(6-3-4-6)11-12-9(7)13/h8-9H,3-7H2,1-2H3;6-7H,2-5H2,1H3,(H,12,13). The Morgan fingerprint density at radius 1 is 0.938 bits per heavy atom. The van der Waals surface area contributed by atoms with Gasteiger partial charge in [0.25, 0.3) is 5.91 Å². The van der Waals surface area contributed by atoms with Crippen LogP contribution < -0.4 is 5.43 Å². The van der Waals surface area contributed by atoms with E-state index in [9.17, 15) is 24.0 Å². The molecule has 10 heteroatoms. The summed E-state index contributed by atoms with van der Waals surface area (Å²) in [5.74, 6) is -3.46. The van der Waals surface area contributed by atoms with E-state index in [4.69, 9.17) is 14.2 Å². The second-order valence-corrected chi connectivity index (χ2v) is 7.86. The lowest BCUT2D eigenvalue weighted by molar-refractivity contribution is -0.163. The van der Waals surface area contributed by atoms with E-state index < -0.39 is 29.7 Å². The summed E-state index contributed by atoms with van der Waals surface area (Å²) in [5, 5.41) is 3.97. The van der Waals surface area contributed by atoms with Crippen LogP contribution in [0.25, 0.3) is 0 Å². The molecule has 1 unspecified atom stereocenters. The minimum Gasteiger partial charge on any atom is -0.465 e. The first-order valence-electron chi connectivity index (χ1n) is 11.2. The fraction of sp³-hybridized carbons (Fsp3) is 0.727. The number of Topliss-reactive ketones (excluding diaryl/α,β-unsaturated/α-hetero) is 1. The van der Waals surface area contributed by atoms with E-state index in [0.717, 1.165) is 31.4 Å². The molecule has 1 N–H and O–H groups in total. The molecule has 10 nitrogen and oxygen atoms in total. The summed E-state index contributed by atoms with van der Waals surface area (Å²) < 4.78 is 14.4. The molecule has 0 aromatic heterocycles. The molecular formula is C22H32N2O8. The number of carbonyl (C=O) groups is 5. The summed E-state index contributed by atoms with van der Waals surface area (Å²) in [7, 11) is 0. The molecule has 0 aromatic carbocycles. The third-order valence-electron chi connectivity index (χ3n) is 5.24. The Labute approximate surface area is 187 Å². The van der Waals surface area contributed by atoms with Gasteiger partial charge in [0, 0.05) is 24.5 Å². The van der Waals surface area contributed by atoms with Gasteiger partial charge in [0.15, 0.2) is 5.92 Å². The van der Waals surface area contributed by atoms with Crippen molar-refractivity contribution < 1.29 is 38.2 Å². The molecule has 32 heavy (non-hydrogen) atoms. The van der Waals surface area contributed by atoms with Gasteiger partial charge in [-0.2, -0.15) is 5.10 Å². The number of hydrogen-bond acceptors (Lipinski definition) is 9. The minimum absolute atomic E-state index is 0.0290. The fourth-order valence-corrected chi connectivity index (χ4v) is 3.18. The summed E-state index contributed by atoms with van der Waals surface area (Å²) in [4.78, 5) is 57.6. The van der Waals surface area contributed by atoms with Gasteiger partial charge in [-0.1, -0.05) is 0 Å². The van der Waals surface area contributed by atoms with E-state index in [1.165, 1.54) is 0 Å². The SMILES string of the molecule is CCOC(=O)C(CC(=O)C1CC1)C(=O)OCC.CCOC(=O)C1CC(C2CC2)=NNC1=O. The molecule has 2 aliphatic carbocycles. The normalized spacial score (nSPS) is 19.7. The molecule has 178 valence electrons. The van der Waals surface area contributed by atoms with Crippen LogP contribution in [-0.2, 0) is 38.2 Å². The van der Waals surface area contributed by atoms with Crippen molar-refractivity contribution >= 4 is 35.3 Å². The molecule has 1 amide bonds. The largest absolute Gasteiger partial charge is 0.465 e. The number of amides is 1. The summed E-state index contributed by atoms with van der Waals surface area (Å²) in [6.45, 7) is 5.72. The molecule has 1 heterocycles. The zero-order valence-corrected chi connectivity index (χ0v) is 18.9. The first-order valence-corrected chi connectivity index (χ1v) is 11.2. The Kier molecular flexibility index (Phi) is 9.80. The van der Waals surface area contributed by atoms with Crippen molar-refractivity contribution in [3.63, 3.8) is 0 Å². The van der Waals surface area contributed by atoms with E-state index in [0.29, 0.717) is 18.9 Å². The average Bonchev–Trinajstić information content (AvgIpc) is 3.65. The molecule has 2 fully saturated rings. The predicted molar refractivity (Wildman–Crippen MR) is 112 cm³/mol. The van der Waals surface area contributed by atoms with E-state index in [1.54, 1.807) is 20.8 Å². The van der Waals surface area contributed by atoms with E-state index in [-0.39, 0.29) is 37.2 Å². The van der Waals surface area contributed by atoms with Crippen molar-refractivity contribution in [2.75, 3.05) is 19.8 Å². The predicted octanol–water partition coefficient (Wildman–Crippen LogP) is 1.55. The minimum atomic E-state index is -1.09. The van der Waals surface area contributed by atoms with Crippen molar-refractivity contribution in [1.29, 1.82) is 0 Å². The number of nitrogens with zero attached hydrogens (tertiary/aromatic N) is 1. The van der Waals surface area contributed by atoms with Crippen LogP contribution in [-0.4, -0.2) is 55.1 Å². The molecule has 0 radical (unpaired) electrons. The van der Waals surface area contributed by atoms with Gasteiger partial charge in [-0.15, -0.1) is 0 Å². The van der Waals surface area contributed by atoms with E-state index in [1.807, 2.05) is 0 Å². The van der Waals surface area contributed by atoms with Crippen LogP contribution in [0.3, 0.4) is 0 Å². The Morgan fingerprint density at radius 2 is 1.50 bits per heavy atom. The lowest BCUT2D eigenvalue weighted by atomic mass is 9.97. The van der Waals surface area contributed by atoms with Crippen LogP contribution in [0.4, 0.5) is 0 Å². The van der Waals surface area contributed by atoms with E-state index >= 15 is 0 Å². The van der Waals surface area contributed by atoms with Gasteiger partial charge in [0.05, 0.1) is 19.8 Å². The first-order chi connectivity index (χ1) is 15.3. The number of esters is 3. The number of hydrogen-bond donors (Lipinski definition) is 1. The van der Waals surface area contributed by atoms with Gasteiger partial charge in [-0.25, -0.2) is 5.43 Å². The number of carbonyl (C=O) groups excluding carboxylic acids is 5. The highest BCUT2D eigenvalue weighted by atomic mass is 16.6. The maximum atomic E-state index is 11.6. The number of nitrogens with one attached hydrogen (secondary N) is 1. The first kappa shape index (κ1) is 25.5. The van der Waals surface area contributed by atoms with Crippen LogP contribution in [0.2, 0.25) is 0 Å². The van der Waals surface area contributed by atoms with Crippen molar-refractivity contribution in [3.05, 3.63) is 0 Å². The van der Waals surface area contributed by atoms with Crippen LogP contribution in [0, 0.1) is 23.7 Å². The highest BCUT2D eigenvalue weighted by Gasteiger charge is 2.39. The van der Waals surface area contributed by atoms with Gasteiger partial charge in [0.1, 0.15) is 11.7 Å². The van der Waals surface area contributed by atoms with Crippen molar-refractivity contribution in [1.82, 2.24) is 5.43 Å². The van der Waals surface area contributed by atoms with Crippen molar-refractivity contribution in [3.8, 4) is 0 Å². The summed E-state index contributed by atoms with van der Waals surface area (Å²) in [5.41, 5.74) is 3.33. The van der Waals surface area contributed by atoms with Crippen LogP contribution in [0.1, 0.15) is 59.3 Å². The maximum absolute atomic E-state index is 11.6. The topological polar surface area (TPSA) is 137 Å². The van der Waals surface area contributed by atoms with Crippen molar-refractivity contribution in [2.45, 2.75) is 59.3 Å². The third kappa shape index (κ3) is 7.72. The Morgan fingerprint density at radius 3 is 1.97 bits per heavy atom. The molecule has 0 bridgehead atoms. The zero-order valence-electron chi connectivity index (χ0n) is 18.9. The highest BCUT2D eigenvalue weighted by Crippen LogP contribution is 2.34. The molecular weight excluding hydrogens is 420 g/mol. The molecule has 0 spiro atoms. The second kappa shape index (κ2) is 12.3. The monoisotopic (exact) mass is 452 g/mol. The number of ketones is 1. The lowest BCUT2D eigenvalue weighted by Crippen LogP contribution is -2.40. The fourth-order valence-electron chi connectivity index (χ4n) is 3.18. The zero-order chi connectivity index (χ0) is 23.7. The van der Waals surface area contributed by atoms with Gasteiger partial charge in [-0.3, -0.25) is 24.0 Å². The van der Waals surface area contributed by atoms with Gasteiger partial charge in [-0.05, 0) is 52.4 Å². The Bertz CT molecular complexity index is 737. The van der Waals surface area contributed by atoms with Crippen LogP contribution in [0.15, 0.2) is 5.10 Å². The molecule has 0 aromatic rings. The maximum Gasteiger partial charge on any atom is 0.320 e. The number of rotatable bonds is 10. The summed E-state index contributed by atoms with van der Waals surface area (Å²) in [6, 6.07) is 0. The molecule has 1 aliphatic heterocycles. The van der Waals surface area contributed by atoms with E-state index in [2.05, 4.69) is 10.5 Å². The number of ether oxygens (including phenoxy) is 3. The molecule has 2 saturated carbocycles. The second-order valence-electron chi connectivity index (χ2n) is 7.86. The average molecular weight is 453 g/mol. The molecule has 1 atom stereocenters. The number of hydrazone groups is 1. The van der Waals surface area contributed by atoms with Gasteiger partial charge < -0.3 is 14.2 Å².